The molecule has 0 bridgehead atoms. The molecule has 4 saturated heterocycles. The molecule has 24 rings (SSSR count). The molecule has 4 aromatic carbocycles. The van der Waals surface area contributed by atoms with E-state index in [0.717, 1.165) is 204 Å². The van der Waals surface area contributed by atoms with Crippen LogP contribution in [0.15, 0.2) is 167 Å². The Kier molecular flexibility index (Phi) is 28.9. The molecule has 0 radical (unpaired) electrons. The van der Waals surface area contributed by atoms with Crippen molar-refractivity contribution in [3.05, 3.63) is 167 Å². The molecule has 12 aromatic heterocycles. The fraction of sp³-hybridized carbons (Fsp3) is 0.375. The van der Waals surface area contributed by atoms with Gasteiger partial charge in [0.15, 0.2) is 0 Å². The predicted molar refractivity (Wildman–Crippen MR) is 560 cm³/mol. The number of likely N-dealkylation sites (N-methyl/N-ethyl adjacent to an activating group) is 2. The highest BCUT2D eigenvalue weighted by atomic mass is 16.2. The zero-order valence-corrected chi connectivity index (χ0v) is 85.1. The number of fused-ring (bicyclic) bond motifs is 8. The summed E-state index contributed by atoms with van der Waals surface area (Å²) in [6, 6.07) is 31.4. The number of amides is 4. The second-order valence-electron chi connectivity index (χ2n) is 36.3. The van der Waals surface area contributed by atoms with Gasteiger partial charge in [-0.1, -0.05) is 48.1 Å². The van der Waals surface area contributed by atoms with Gasteiger partial charge >= 0.3 is 0 Å². The topological polar surface area (TPSA) is 565 Å². The molecule has 0 spiro atoms. The van der Waals surface area contributed by atoms with Crippen molar-refractivity contribution in [3.63, 3.8) is 0 Å². The molecule has 2 atom stereocenters. The van der Waals surface area contributed by atoms with Crippen LogP contribution in [-0.4, -0.2) is 341 Å². The van der Waals surface area contributed by atoms with Crippen molar-refractivity contribution >= 4 is 137 Å². The number of nitrogens with zero attached hydrogens (tertiary/aromatic N) is 38. The first-order valence-corrected chi connectivity index (χ1v) is 49.0. The maximum Gasteiger partial charge on any atom is 0.255 e. The minimum absolute atomic E-state index is 0.204. The molecular weight excluding hydrogens is 1890 g/mol. The number of hydrogen-bond acceptors (Lipinski definition) is 40. The highest BCUT2D eigenvalue weighted by Crippen LogP contribution is 2.38. The molecule has 4 fully saturated rings. The minimum atomic E-state index is -0.206. The molecule has 0 saturated carbocycles. The molecule has 16 aromatic rings. The monoisotopic (exact) mass is 2010 g/mol. The summed E-state index contributed by atoms with van der Waals surface area (Å²) in [5.41, 5.74) is 17.4. The van der Waals surface area contributed by atoms with Crippen molar-refractivity contribution < 1.29 is 19.2 Å². The molecule has 52 heteroatoms. The molecule has 20 heterocycles. The number of tetrazole rings is 4. The molecule has 2 unspecified atom stereocenters. The van der Waals surface area contributed by atoms with E-state index in [0.29, 0.717) is 130 Å². The zero-order chi connectivity index (χ0) is 103. The molecule has 148 heavy (non-hydrogen) atoms. The van der Waals surface area contributed by atoms with E-state index in [2.05, 4.69) is 232 Å². The quantitative estimate of drug-likeness (QED) is 0.0485. The summed E-state index contributed by atoms with van der Waals surface area (Å²) in [4.78, 5) is 110. The molecule has 0 aliphatic carbocycles. The van der Waals surface area contributed by atoms with Gasteiger partial charge in [0, 0.05) is 223 Å². The van der Waals surface area contributed by atoms with E-state index in [9.17, 15) is 19.2 Å². The van der Waals surface area contributed by atoms with Crippen LogP contribution in [-0.2, 0) is 45.4 Å². The Hall–Kier alpha value is -17.6. The molecule has 4 amide bonds. The Balaban J connectivity index is 0.000000123. The first-order valence-electron chi connectivity index (χ1n) is 49.0. The van der Waals surface area contributed by atoms with Gasteiger partial charge in [-0.15, -0.1) is 0 Å². The molecule has 10 N–H and O–H groups in total. The van der Waals surface area contributed by atoms with Crippen LogP contribution in [0.1, 0.15) is 69.2 Å². The smallest absolute Gasteiger partial charge is 0.255 e. The standard InChI is InChI=1S/C24H28N12O.2C23H26N12O.C22H24N12O.2C2H6/c1-14-11-35(8-7-33(14)3)21-10-20(25-13-26-21)22-17-9-16(5-6-19(17)28-29-22)27-23(37)18-12-36-24(30-31-32-36)34(4)15(18)2;1-14-17(12-35-23(33(14)3)29-30-31-35)22(36)26-15-4-5-18-16(10-15)21(28-27-18)19-11-20(25-13-24-19)34-8-6-32(2)7-9-34;1-13-10-34(7-6-24-13)20-9-19(25-12-26-20)21-16-8-15(4-5-18(16)28-29-21)27-22(36)17-11-35-23(30-31-32-35)33(3)14(17)2;1-13-16(11-34-22(32(13)2)29-30-31-34)21(35)26-14-3-4-17-15(9-14)20(28-27-17)18-10-19(25-12-24-18)33-7-5-23-6-8-33;2*1-2/h5-6,9-10,13-14H,7-8,11-12H2,1-4H3,(H,27,37)(H,28,29);4-5,10-11,13H,6-9,12H2,1-3H3,(H,26,36)(H,27,28);4-5,8-9,12-13,24H,6-7,10-11H2,1-3H3,(H,27,36)(H,28,29);3-4,9-10,12,23H,5-8,11H2,1-2H3,(H,26,35)(H,27,28);2*1-2H3. The summed E-state index contributed by atoms with van der Waals surface area (Å²) >= 11 is 0. The van der Waals surface area contributed by atoms with Crippen molar-refractivity contribution in [3.8, 4) is 45.6 Å². The van der Waals surface area contributed by atoms with Gasteiger partial charge in [0.2, 0.25) is 23.8 Å². The Labute approximate surface area is 848 Å². The third kappa shape index (κ3) is 20.4. The lowest BCUT2D eigenvalue weighted by Gasteiger charge is -2.38. The van der Waals surface area contributed by atoms with E-state index in [1.165, 1.54) is 0 Å². The summed E-state index contributed by atoms with van der Waals surface area (Å²) < 4.78 is 6.41. The summed E-state index contributed by atoms with van der Waals surface area (Å²) in [7, 11) is 11.6. The first kappa shape index (κ1) is 99.2. The van der Waals surface area contributed by atoms with Crippen molar-refractivity contribution in [2.24, 2.45) is 0 Å². The van der Waals surface area contributed by atoms with E-state index in [1.54, 1.807) is 48.9 Å². The molecule has 8 aliphatic heterocycles. The maximum atomic E-state index is 13.2. The lowest BCUT2D eigenvalue weighted by molar-refractivity contribution is -0.114. The van der Waals surface area contributed by atoms with E-state index in [4.69, 9.17) is 0 Å². The lowest BCUT2D eigenvalue weighted by Crippen LogP contribution is -2.50. The Morgan fingerprint density at radius 2 is 0.615 bits per heavy atom. The number of H-pyrrole nitrogens is 4. The largest absolute Gasteiger partial charge is 0.354 e. The number of nitrogens with one attached hydrogen (secondary N) is 10. The van der Waals surface area contributed by atoms with E-state index in [1.807, 2.05) is 195 Å². The highest BCUT2D eigenvalue weighted by Gasteiger charge is 2.35. The SMILES string of the molecule is CC.CC.CC1=C(C(=O)Nc2ccc3[nH]nc(-c4cc(N5CCN(C)C(C)C5)ncn4)c3c2)Cn2nnnc2N1C.CC1=C(C(=O)Nc2ccc3[nH]nc(-c4cc(N5CCN(C)CC5)ncn4)c3c2)Cn2nnnc2N1C.CC1=C(C(=O)Nc2ccc3[nH]nc(-c4cc(N5CCNC(C)C5)ncn4)c3c2)Cn2nnnc2N1C.CC1=C(C(=O)Nc2ccc3[nH]nc(-c4cc(N5CCNCC5)ncn4)c3c2)Cn2nnnc2N1C. The normalized spacial score (nSPS) is 16.9. The van der Waals surface area contributed by atoms with E-state index in [-0.39, 0.29) is 23.6 Å². The van der Waals surface area contributed by atoms with Crippen molar-refractivity contribution in [1.82, 2.24) is 182 Å². The number of hydrogen-bond donors (Lipinski definition) is 10. The van der Waals surface area contributed by atoms with Crippen LogP contribution < -0.4 is 71.1 Å². The second kappa shape index (κ2) is 43.2. The summed E-state index contributed by atoms with van der Waals surface area (Å²) in [6.07, 6.45) is 6.31. The summed E-state index contributed by atoms with van der Waals surface area (Å²) in [5.74, 6) is 5.13. The maximum absolute atomic E-state index is 13.2. The minimum Gasteiger partial charge on any atom is -0.354 e. The number of carbonyl (C=O) groups excluding carboxylic acids is 4. The van der Waals surface area contributed by atoms with Gasteiger partial charge in [-0.2, -0.15) is 20.4 Å². The Morgan fingerprint density at radius 3 is 0.919 bits per heavy atom. The summed E-state index contributed by atoms with van der Waals surface area (Å²) in [5, 5.41) is 99.5. The van der Waals surface area contributed by atoms with Crippen LogP contribution in [0.5, 0.6) is 0 Å². The Morgan fingerprint density at radius 1 is 0.331 bits per heavy atom. The van der Waals surface area contributed by atoms with Crippen molar-refractivity contribution in [1.29, 1.82) is 0 Å². The van der Waals surface area contributed by atoms with Gasteiger partial charge in [-0.25, -0.2) is 58.6 Å². The number of aromatic nitrogens is 32. The third-order valence-electron chi connectivity index (χ3n) is 27.4. The number of aromatic amines is 4. The fourth-order valence-electron chi connectivity index (χ4n) is 18.5. The highest BCUT2D eigenvalue weighted by molar-refractivity contribution is 6.10. The number of rotatable bonds is 16. The van der Waals surface area contributed by atoms with Crippen LogP contribution in [0.4, 0.5) is 69.8 Å². The molecular formula is C96H116N48O4. The number of piperazine rings is 4. The van der Waals surface area contributed by atoms with Gasteiger partial charge in [0.25, 0.3) is 23.6 Å². The molecule has 8 aliphatic rings. The van der Waals surface area contributed by atoms with Crippen LogP contribution >= 0.6 is 0 Å². The average molecular weight is 2010 g/mol. The second-order valence-corrected chi connectivity index (χ2v) is 36.3. The predicted octanol–water partition coefficient (Wildman–Crippen LogP) is 6.63. The first-order chi connectivity index (χ1) is 71.9. The zero-order valence-electron chi connectivity index (χ0n) is 85.1. The van der Waals surface area contributed by atoms with E-state index >= 15 is 0 Å². The van der Waals surface area contributed by atoms with Crippen molar-refractivity contribution in [2.45, 2.75) is 108 Å². The van der Waals surface area contributed by atoms with Gasteiger partial charge in [-0.3, -0.25) is 39.6 Å². The number of carbonyl (C=O) groups is 4. The van der Waals surface area contributed by atoms with Gasteiger partial charge in [-0.05, 0) is 170 Å². The fourth-order valence-corrected chi connectivity index (χ4v) is 18.5. The Bertz CT molecular complexity index is 7730. The van der Waals surface area contributed by atoms with Crippen LogP contribution in [0.3, 0.4) is 0 Å². The lowest BCUT2D eigenvalue weighted by atomic mass is 10.1. The van der Waals surface area contributed by atoms with Gasteiger partial charge in [0.05, 0.1) is 93.3 Å². The van der Waals surface area contributed by atoms with Crippen LogP contribution in [0.2, 0.25) is 0 Å². The third-order valence-corrected chi connectivity index (χ3v) is 27.4. The summed E-state index contributed by atoms with van der Waals surface area (Å²) in [6.45, 7) is 34.1. The van der Waals surface area contributed by atoms with Crippen LogP contribution in [0, 0.1) is 0 Å². The average Bonchev–Trinajstić information content (AvgIpc) is 1.67. The number of benzene rings is 4. The van der Waals surface area contributed by atoms with Gasteiger partial charge < -0.3 is 80.9 Å². The van der Waals surface area contributed by atoms with Crippen LogP contribution in [0.25, 0.3) is 89.2 Å². The number of anilines is 12. The molecule has 764 valence electrons. The van der Waals surface area contributed by atoms with Crippen molar-refractivity contribution in [2.75, 3.05) is 194 Å². The van der Waals surface area contributed by atoms with E-state index < -0.39 is 0 Å². The number of allylic oxidation sites excluding steroid dienone is 4. The molecule has 52 nitrogen and oxygen atoms in total. The van der Waals surface area contributed by atoms with Gasteiger partial charge in [0.1, 0.15) is 71.4 Å².